The second-order valence-corrected chi connectivity index (χ2v) is 7.65. The normalized spacial score (nSPS) is 16.0. The Morgan fingerprint density at radius 1 is 1.21 bits per heavy atom. The highest BCUT2D eigenvalue weighted by atomic mass is 35.5. The predicted octanol–water partition coefficient (Wildman–Crippen LogP) is 3.49. The van der Waals surface area contributed by atoms with E-state index in [1.54, 1.807) is 11.0 Å². The van der Waals surface area contributed by atoms with Crippen LogP contribution >= 0.6 is 11.6 Å². The first-order valence-corrected chi connectivity index (χ1v) is 9.76. The summed E-state index contributed by atoms with van der Waals surface area (Å²) in [5, 5.41) is 3.31. The summed E-state index contributed by atoms with van der Waals surface area (Å²) in [5.74, 6) is -1.68. The molecule has 0 radical (unpaired) electrons. The lowest BCUT2D eigenvalue weighted by Crippen LogP contribution is -2.28. The molecule has 2 amide bonds. The zero-order chi connectivity index (χ0) is 21.0. The highest BCUT2D eigenvalue weighted by molar-refractivity contribution is 6.31. The van der Waals surface area contributed by atoms with Gasteiger partial charge in [-0.25, -0.2) is 0 Å². The standard InChI is InChI=1S/C22H23ClN2O4/c1-14-7-8-19(15(2)9-14)24-20(26)13-29-22(28)17-10-21(27)25(12-17)11-16-5-3-4-6-18(16)23/h3-9,17H,10-13H2,1-2H3,(H,24,26)/t17-/m0/s1. The fourth-order valence-electron chi connectivity index (χ4n) is 3.31. The van der Waals surface area contributed by atoms with Gasteiger partial charge in [-0.15, -0.1) is 0 Å². The minimum Gasteiger partial charge on any atom is -0.455 e. The van der Waals surface area contributed by atoms with E-state index in [-0.39, 0.29) is 25.5 Å². The van der Waals surface area contributed by atoms with E-state index in [1.807, 2.05) is 50.2 Å². The molecule has 2 aromatic rings. The summed E-state index contributed by atoms with van der Waals surface area (Å²) in [4.78, 5) is 38.2. The van der Waals surface area contributed by atoms with Gasteiger partial charge in [0, 0.05) is 30.2 Å². The Morgan fingerprint density at radius 2 is 1.97 bits per heavy atom. The van der Waals surface area contributed by atoms with Crippen molar-refractivity contribution in [3.8, 4) is 0 Å². The number of nitrogens with one attached hydrogen (secondary N) is 1. The van der Waals surface area contributed by atoms with Gasteiger partial charge in [0.15, 0.2) is 6.61 Å². The minimum atomic E-state index is -0.584. The summed E-state index contributed by atoms with van der Waals surface area (Å²) in [6.45, 7) is 4.07. The van der Waals surface area contributed by atoms with Gasteiger partial charge in [0.1, 0.15) is 0 Å². The summed E-state index contributed by atoms with van der Waals surface area (Å²) >= 11 is 6.15. The molecule has 0 saturated carbocycles. The maximum absolute atomic E-state index is 12.3. The van der Waals surface area contributed by atoms with Crippen molar-refractivity contribution in [2.75, 3.05) is 18.5 Å². The Balaban J connectivity index is 1.50. The number of aryl methyl sites for hydroxylation is 2. The molecule has 1 N–H and O–H groups in total. The number of esters is 1. The second kappa shape index (κ2) is 9.09. The van der Waals surface area contributed by atoms with Crippen molar-refractivity contribution in [2.24, 2.45) is 5.92 Å². The molecular weight excluding hydrogens is 392 g/mol. The van der Waals surface area contributed by atoms with Gasteiger partial charge in [-0.05, 0) is 37.1 Å². The number of hydrogen-bond donors (Lipinski definition) is 1. The van der Waals surface area contributed by atoms with Crippen LogP contribution in [-0.2, 0) is 25.7 Å². The van der Waals surface area contributed by atoms with Gasteiger partial charge >= 0.3 is 5.97 Å². The van der Waals surface area contributed by atoms with Crippen molar-refractivity contribution < 1.29 is 19.1 Å². The zero-order valence-corrected chi connectivity index (χ0v) is 17.2. The number of benzene rings is 2. The van der Waals surface area contributed by atoms with Crippen molar-refractivity contribution in [2.45, 2.75) is 26.8 Å². The van der Waals surface area contributed by atoms with Gasteiger partial charge in [0.25, 0.3) is 5.91 Å². The molecule has 152 valence electrons. The number of halogens is 1. The highest BCUT2D eigenvalue weighted by Crippen LogP contribution is 2.24. The molecule has 1 aliphatic heterocycles. The number of carbonyl (C=O) groups is 3. The average molecular weight is 415 g/mol. The molecule has 29 heavy (non-hydrogen) atoms. The molecule has 1 fully saturated rings. The van der Waals surface area contributed by atoms with E-state index < -0.39 is 17.8 Å². The first-order valence-electron chi connectivity index (χ1n) is 9.38. The molecule has 3 rings (SSSR count). The SMILES string of the molecule is Cc1ccc(NC(=O)COC(=O)[C@H]2CC(=O)N(Cc3ccccc3Cl)C2)c(C)c1. The van der Waals surface area contributed by atoms with Crippen LogP contribution in [0.4, 0.5) is 5.69 Å². The van der Waals surface area contributed by atoms with Crippen LogP contribution in [0.15, 0.2) is 42.5 Å². The largest absolute Gasteiger partial charge is 0.455 e. The van der Waals surface area contributed by atoms with Crippen LogP contribution in [-0.4, -0.2) is 35.8 Å². The van der Waals surface area contributed by atoms with E-state index in [4.69, 9.17) is 16.3 Å². The van der Waals surface area contributed by atoms with E-state index >= 15 is 0 Å². The van der Waals surface area contributed by atoms with Gasteiger partial charge in [-0.1, -0.05) is 47.5 Å². The maximum atomic E-state index is 12.3. The maximum Gasteiger partial charge on any atom is 0.311 e. The van der Waals surface area contributed by atoms with Gasteiger partial charge in [-0.2, -0.15) is 0 Å². The number of anilines is 1. The highest BCUT2D eigenvalue weighted by Gasteiger charge is 2.35. The lowest BCUT2D eigenvalue weighted by Gasteiger charge is -2.17. The van der Waals surface area contributed by atoms with Crippen LogP contribution < -0.4 is 5.32 Å². The molecule has 2 aromatic carbocycles. The summed E-state index contributed by atoms with van der Waals surface area (Å²) < 4.78 is 5.14. The molecule has 0 spiro atoms. The van der Waals surface area contributed by atoms with Gasteiger partial charge in [0.2, 0.25) is 5.91 Å². The molecule has 6 nitrogen and oxygen atoms in total. The molecule has 1 heterocycles. The second-order valence-electron chi connectivity index (χ2n) is 7.24. The zero-order valence-electron chi connectivity index (χ0n) is 16.4. The number of hydrogen-bond acceptors (Lipinski definition) is 4. The van der Waals surface area contributed by atoms with E-state index in [0.717, 1.165) is 16.7 Å². The number of likely N-dealkylation sites (tertiary alicyclic amines) is 1. The quantitative estimate of drug-likeness (QED) is 0.734. The van der Waals surface area contributed by atoms with E-state index in [1.165, 1.54) is 0 Å². The molecule has 0 unspecified atom stereocenters. The molecule has 0 aliphatic carbocycles. The van der Waals surface area contributed by atoms with Crippen molar-refractivity contribution in [1.82, 2.24) is 4.90 Å². The number of amides is 2. The molecule has 0 aromatic heterocycles. The number of ether oxygens (including phenoxy) is 1. The van der Waals surface area contributed by atoms with Crippen LogP contribution in [0.5, 0.6) is 0 Å². The molecule has 1 aliphatic rings. The fraction of sp³-hybridized carbons (Fsp3) is 0.318. The summed E-state index contributed by atoms with van der Waals surface area (Å²) in [5.41, 5.74) is 3.53. The molecule has 1 saturated heterocycles. The topological polar surface area (TPSA) is 75.7 Å². The minimum absolute atomic E-state index is 0.0714. The lowest BCUT2D eigenvalue weighted by molar-refractivity contribution is -0.151. The van der Waals surface area contributed by atoms with Crippen LogP contribution in [0.1, 0.15) is 23.1 Å². The van der Waals surface area contributed by atoms with Gasteiger partial charge in [-0.3, -0.25) is 14.4 Å². The Labute approximate surface area is 174 Å². The summed E-state index contributed by atoms with van der Waals surface area (Å²) in [7, 11) is 0. The molecule has 1 atom stereocenters. The summed E-state index contributed by atoms with van der Waals surface area (Å²) in [6, 6.07) is 12.9. The van der Waals surface area contributed by atoms with Gasteiger partial charge < -0.3 is 15.0 Å². The third-order valence-corrected chi connectivity index (χ3v) is 5.24. The number of rotatable bonds is 6. The Morgan fingerprint density at radius 3 is 2.69 bits per heavy atom. The van der Waals surface area contributed by atoms with Crippen LogP contribution in [0.3, 0.4) is 0 Å². The van der Waals surface area contributed by atoms with Crippen molar-refractivity contribution in [3.05, 3.63) is 64.2 Å². The van der Waals surface area contributed by atoms with E-state index in [0.29, 0.717) is 17.3 Å². The first-order chi connectivity index (χ1) is 13.8. The van der Waals surface area contributed by atoms with Crippen LogP contribution in [0, 0.1) is 19.8 Å². The van der Waals surface area contributed by atoms with Crippen molar-refractivity contribution >= 4 is 35.1 Å². The fourth-order valence-corrected chi connectivity index (χ4v) is 3.51. The Hall–Kier alpha value is -2.86. The molecular formula is C22H23ClN2O4. The first kappa shape index (κ1) is 20.9. The monoisotopic (exact) mass is 414 g/mol. The number of carbonyl (C=O) groups excluding carboxylic acids is 3. The molecule has 7 heteroatoms. The third-order valence-electron chi connectivity index (χ3n) is 4.87. The summed E-state index contributed by atoms with van der Waals surface area (Å²) in [6.07, 6.45) is 0.0714. The van der Waals surface area contributed by atoms with E-state index in [2.05, 4.69) is 5.32 Å². The van der Waals surface area contributed by atoms with Crippen LogP contribution in [0.25, 0.3) is 0 Å². The molecule has 0 bridgehead atoms. The Bertz CT molecular complexity index is 944. The van der Waals surface area contributed by atoms with Crippen molar-refractivity contribution in [3.63, 3.8) is 0 Å². The smallest absolute Gasteiger partial charge is 0.311 e. The third kappa shape index (κ3) is 5.35. The van der Waals surface area contributed by atoms with Crippen LogP contribution in [0.2, 0.25) is 5.02 Å². The predicted molar refractivity (Wildman–Crippen MR) is 110 cm³/mol. The number of nitrogens with zero attached hydrogens (tertiary/aromatic N) is 1. The van der Waals surface area contributed by atoms with Crippen molar-refractivity contribution in [1.29, 1.82) is 0 Å². The average Bonchev–Trinajstić information content (AvgIpc) is 3.04. The van der Waals surface area contributed by atoms with Gasteiger partial charge in [0.05, 0.1) is 5.92 Å². The lowest BCUT2D eigenvalue weighted by atomic mass is 10.1. The van der Waals surface area contributed by atoms with E-state index in [9.17, 15) is 14.4 Å². The Kier molecular flexibility index (Phi) is 6.54.